The number of H-pyrrole nitrogens is 1. The number of fused-ring (bicyclic) bond motifs is 1. The lowest BCUT2D eigenvalue weighted by atomic mass is 10.1. The van der Waals surface area contributed by atoms with E-state index < -0.39 is 0 Å². The zero-order valence-electron chi connectivity index (χ0n) is 16.4. The number of aromatic nitrogens is 4. The topological polar surface area (TPSA) is 63.6 Å². The highest BCUT2D eigenvalue weighted by molar-refractivity contribution is 9.10. The summed E-state index contributed by atoms with van der Waals surface area (Å²) in [5, 5.41) is 0. The van der Waals surface area contributed by atoms with Crippen molar-refractivity contribution in [3.63, 3.8) is 0 Å². The highest BCUT2D eigenvalue weighted by Crippen LogP contribution is 2.28. The minimum absolute atomic E-state index is 0.240. The lowest BCUT2D eigenvalue weighted by Gasteiger charge is -2.10. The molecule has 0 spiro atoms. The number of aromatic amines is 1. The van der Waals surface area contributed by atoms with E-state index in [1.165, 1.54) is 6.07 Å². The molecule has 1 N–H and O–H groups in total. The Morgan fingerprint density at radius 1 is 0.935 bits per heavy atom. The van der Waals surface area contributed by atoms with Gasteiger partial charge < -0.3 is 4.98 Å². The number of para-hydroxylation sites is 1. The average Bonchev–Trinajstić information content (AvgIpc) is 3.17. The van der Waals surface area contributed by atoms with Crippen LogP contribution in [0.4, 0.5) is 4.39 Å². The van der Waals surface area contributed by atoms with Crippen LogP contribution in [0, 0.1) is 12.7 Å². The second kappa shape index (κ2) is 7.59. The summed E-state index contributed by atoms with van der Waals surface area (Å²) in [5.41, 5.74) is 3.12. The number of hydrogen-bond donors (Lipinski definition) is 1. The Kier molecular flexibility index (Phi) is 4.75. The number of rotatable bonds is 3. The van der Waals surface area contributed by atoms with E-state index in [2.05, 4.69) is 25.9 Å². The third-order valence-corrected chi connectivity index (χ3v) is 5.59. The predicted octanol–water partition coefficient (Wildman–Crippen LogP) is 5.65. The van der Waals surface area contributed by atoms with Crippen LogP contribution in [0.3, 0.4) is 0 Å². The van der Waals surface area contributed by atoms with E-state index >= 15 is 0 Å². The molecule has 0 amide bonds. The van der Waals surface area contributed by atoms with E-state index in [0.717, 1.165) is 15.7 Å². The Labute approximate surface area is 185 Å². The van der Waals surface area contributed by atoms with E-state index in [1.807, 2.05) is 59.2 Å². The summed E-state index contributed by atoms with van der Waals surface area (Å²) in [6, 6.07) is 22.0. The normalized spacial score (nSPS) is 11.2. The van der Waals surface area contributed by atoms with E-state index in [-0.39, 0.29) is 16.9 Å². The Morgan fingerprint density at radius 2 is 1.65 bits per heavy atom. The standard InChI is InChI=1S/C24H16BrFN4O/c1-14-13-16(9-12-19(14)26)21-28-23-20(24(31)29-21)27-22(15-7-10-17(25)11-8-15)30(23)18-5-3-2-4-6-18/h2-13H,1H3,(H,28,29,31). The highest BCUT2D eigenvalue weighted by Gasteiger charge is 2.19. The third kappa shape index (κ3) is 3.47. The number of benzene rings is 3. The van der Waals surface area contributed by atoms with Gasteiger partial charge in [0.1, 0.15) is 17.5 Å². The van der Waals surface area contributed by atoms with Crippen molar-refractivity contribution in [1.29, 1.82) is 0 Å². The van der Waals surface area contributed by atoms with Gasteiger partial charge in [-0.2, -0.15) is 0 Å². The molecule has 0 bridgehead atoms. The summed E-state index contributed by atoms with van der Waals surface area (Å²) in [5.74, 6) is 0.665. The minimum atomic E-state index is -0.352. The first-order chi connectivity index (χ1) is 15.0. The van der Waals surface area contributed by atoms with Gasteiger partial charge in [-0.25, -0.2) is 14.4 Å². The molecule has 0 unspecified atom stereocenters. The van der Waals surface area contributed by atoms with Crippen LogP contribution in [-0.4, -0.2) is 19.5 Å². The average molecular weight is 475 g/mol. The number of halogens is 2. The maximum atomic E-state index is 13.7. The zero-order chi connectivity index (χ0) is 21.5. The van der Waals surface area contributed by atoms with Crippen LogP contribution in [0.25, 0.3) is 39.6 Å². The summed E-state index contributed by atoms with van der Waals surface area (Å²) in [7, 11) is 0. The molecule has 5 aromatic rings. The van der Waals surface area contributed by atoms with Gasteiger partial charge in [0.15, 0.2) is 11.2 Å². The van der Waals surface area contributed by atoms with Crippen molar-refractivity contribution in [1.82, 2.24) is 19.5 Å². The van der Waals surface area contributed by atoms with Crippen molar-refractivity contribution in [3.8, 4) is 28.5 Å². The molecule has 0 aliphatic carbocycles. The van der Waals surface area contributed by atoms with Crippen LogP contribution in [0.1, 0.15) is 5.56 Å². The van der Waals surface area contributed by atoms with E-state index in [4.69, 9.17) is 4.98 Å². The molecule has 3 aromatic carbocycles. The number of hydrogen-bond acceptors (Lipinski definition) is 3. The first-order valence-corrected chi connectivity index (χ1v) is 10.4. The van der Waals surface area contributed by atoms with Gasteiger partial charge in [-0.3, -0.25) is 9.36 Å². The van der Waals surface area contributed by atoms with Crippen LogP contribution in [0.15, 0.2) is 82.1 Å². The van der Waals surface area contributed by atoms with Gasteiger partial charge in [0, 0.05) is 21.3 Å². The summed E-state index contributed by atoms with van der Waals surface area (Å²) in [6.07, 6.45) is 0. The van der Waals surface area contributed by atoms with Crippen LogP contribution in [0.2, 0.25) is 0 Å². The van der Waals surface area contributed by atoms with Gasteiger partial charge in [0.25, 0.3) is 5.56 Å². The largest absolute Gasteiger partial charge is 0.305 e. The zero-order valence-corrected chi connectivity index (χ0v) is 18.0. The van der Waals surface area contributed by atoms with Gasteiger partial charge in [0.2, 0.25) is 0 Å². The maximum absolute atomic E-state index is 13.7. The molecular formula is C24H16BrFN4O. The molecule has 0 aliphatic rings. The first kappa shape index (κ1) is 19.4. The van der Waals surface area contributed by atoms with E-state index in [1.54, 1.807) is 19.1 Å². The fourth-order valence-corrected chi connectivity index (χ4v) is 3.78. The minimum Gasteiger partial charge on any atom is -0.305 e. The van der Waals surface area contributed by atoms with Crippen molar-refractivity contribution in [2.45, 2.75) is 6.92 Å². The molecule has 5 nitrogen and oxygen atoms in total. The van der Waals surface area contributed by atoms with Crippen molar-refractivity contribution in [3.05, 3.63) is 99.0 Å². The molecule has 0 radical (unpaired) electrons. The molecule has 0 saturated heterocycles. The molecule has 5 rings (SSSR count). The summed E-state index contributed by atoms with van der Waals surface area (Å²) in [4.78, 5) is 25.1. The summed E-state index contributed by atoms with van der Waals surface area (Å²) >= 11 is 3.45. The van der Waals surface area contributed by atoms with Crippen molar-refractivity contribution >= 4 is 27.1 Å². The Morgan fingerprint density at radius 3 is 2.35 bits per heavy atom. The number of imidazole rings is 1. The molecule has 31 heavy (non-hydrogen) atoms. The Balaban J connectivity index is 1.82. The molecule has 0 fully saturated rings. The predicted molar refractivity (Wildman–Crippen MR) is 123 cm³/mol. The van der Waals surface area contributed by atoms with Gasteiger partial charge in [0.05, 0.1) is 0 Å². The summed E-state index contributed by atoms with van der Waals surface area (Å²) < 4.78 is 16.6. The Bertz CT molecular complexity index is 1470. The summed E-state index contributed by atoms with van der Waals surface area (Å²) in [6.45, 7) is 1.68. The molecule has 2 aromatic heterocycles. The number of nitrogens with zero attached hydrogens (tertiary/aromatic N) is 3. The van der Waals surface area contributed by atoms with Crippen LogP contribution in [0.5, 0.6) is 0 Å². The van der Waals surface area contributed by atoms with Crippen LogP contribution < -0.4 is 5.56 Å². The molecule has 2 heterocycles. The molecule has 7 heteroatoms. The molecule has 0 saturated carbocycles. The van der Waals surface area contributed by atoms with Crippen molar-refractivity contribution < 1.29 is 4.39 Å². The van der Waals surface area contributed by atoms with Gasteiger partial charge in [-0.1, -0.05) is 46.3 Å². The van der Waals surface area contributed by atoms with Crippen LogP contribution >= 0.6 is 15.9 Å². The fraction of sp³-hybridized carbons (Fsp3) is 0.0417. The van der Waals surface area contributed by atoms with Crippen molar-refractivity contribution in [2.24, 2.45) is 0 Å². The molecule has 0 aliphatic heterocycles. The lowest BCUT2D eigenvalue weighted by molar-refractivity contribution is 0.618. The number of nitrogens with one attached hydrogen (secondary N) is 1. The second-order valence-corrected chi connectivity index (χ2v) is 8.08. The van der Waals surface area contributed by atoms with E-state index in [0.29, 0.717) is 28.4 Å². The SMILES string of the molecule is Cc1cc(-c2nc3c(nc(-c4ccc(Br)cc4)n3-c3ccccc3)c(=O)[nH]2)ccc1F. The smallest absolute Gasteiger partial charge is 0.279 e. The molecule has 0 atom stereocenters. The third-order valence-electron chi connectivity index (χ3n) is 5.07. The molecular weight excluding hydrogens is 459 g/mol. The molecule has 152 valence electrons. The Hall–Kier alpha value is -3.58. The fourth-order valence-electron chi connectivity index (χ4n) is 3.51. The van der Waals surface area contributed by atoms with Crippen molar-refractivity contribution in [2.75, 3.05) is 0 Å². The van der Waals surface area contributed by atoms with Gasteiger partial charge in [-0.15, -0.1) is 0 Å². The lowest BCUT2D eigenvalue weighted by Crippen LogP contribution is -2.10. The van der Waals surface area contributed by atoms with Crippen LogP contribution in [-0.2, 0) is 0 Å². The van der Waals surface area contributed by atoms with E-state index in [9.17, 15) is 9.18 Å². The maximum Gasteiger partial charge on any atom is 0.279 e. The second-order valence-electron chi connectivity index (χ2n) is 7.16. The first-order valence-electron chi connectivity index (χ1n) is 9.62. The highest BCUT2D eigenvalue weighted by atomic mass is 79.9. The monoisotopic (exact) mass is 474 g/mol. The number of aryl methyl sites for hydroxylation is 1. The van der Waals surface area contributed by atoms with Gasteiger partial charge in [-0.05, 0) is 55.0 Å². The van der Waals surface area contributed by atoms with Gasteiger partial charge >= 0.3 is 0 Å². The quantitative estimate of drug-likeness (QED) is 0.367.